The molecule has 1 unspecified atom stereocenters. The van der Waals surface area contributed by atoms with Gasteiger partial charge in [0.1, 0.15) is 4.88 Å². The van der Waals surface area contributed by atoms with Crippen molar-refractivity contribution in [3.05, 3.63) is 21.4 Å². The molecule has 0 spiro atoms. The lowest BCUT2D eigenvalue weighted by Crippen LogP contribution is -2.35. The Balaban J connectivity index is 2.76. The van der Waals surface area contributed by atoms with Crippen LogP contribution in [0.15, 0.2) is 6.07 Å². The number of carbonyl (C=O) groups is 2. The van der Waals surface area contributed by atoms with Gasteiger partial charge in [-0.3, -0.25) is 4.79 Å². The molecule has 5 heteroatoms. The van der Waals surface area contributed by atoms with E-state index in [0.29, 0.717) is 4.88 Å². The number of ketones is 1. The van der Waals surface area contributed by atoms with Crippen molar-refractivity contribution in [1.29, 1.82) is 0 Å². The Kier molecular flexibility index (Phi) is 6.18. The molecule has 4 nitrogen and oxygen atoms in total. The van der Waals surface area contributed by atoms with Crippen molar-refractivity contribution in [2.45, 2.75) is 39.7 Å². The van der Waals surface area contributed by atoms with Crippen molar-refractivity contribution in [2.24, 2.45) is 0 Å². The summed E-state index contributed by atoms with van der Waals surface area (Å²) in [5.74, 6) is -0.272. The number of Topliss-reactive ketones (excluding diaryl/α,β-unsaturated/α-hetero) is 1. The number of aryl methyl sites for hydroxylation is 1. The van der Waals surface area contributed by atoms with Crippen LogP contribution < -0.4 is 5.32 Å². The van der Waals surface area contributed by atoms with Crippen LogP contribution in [0.1, 0.15) is 40.4 Å². The number of hydrogen-bond donors (Lipinski definition) is 1. The summed E-state index contributed by atoms with van der Waals surface area (Å²) in [4.78, 5) is 25.3. The molecule has 0 saturated heterocycles. The molecule has 1 aromatic rings. The molecule has 19 heavy (non-hydrogen) atoms. The Morgan fingerprint density at radius 3 is 2.74 bits per heavy atom. The normalized spacial score (nSPS) is 12.2. The number of esters is 1. The molecule has 1 heterocycles. The quantitative estimate of drug-likeness (QED) is 0.780. The zero-order valence-electron chi connectivity index (χ0n) is 11.9. The fourth-order valence-corrected chi connectivity index (χ4v) is 2.73. The van der Waals surface area contributed by atoms with E-state index in [9.17, 15) is 9.59 Å². The Morgan fingerprint density at radius 1 is 1.47 bits per heavy atom. The van der Waals surface area contributed by atoms with E-state index >= 15 is 0 Å². The summed E-state index contributed by atoms with van der Waals surface area (Å²) in [7, 11) is 1.36. The zero-order chi connectivity index (χ0) is 14.4. The fraction of sp³-hybridized carbons (Fsp3) is 0.571. The molecule has 0 aliphatic carbocycles. The largest absolute Gasteiger partial charge is 0.465 e. The molecule has 0 radical (unpaired) electrons. The van der Waals surface area contributed by atoms with Crippen molar-refractivity contribution in [3.63, 3.8) is 0 Å². The maximum absolute atomic E-state index is 12.1. The van der Waals surface area contributed by atoms with E-state index in [-0.39, 0.29) is 24.2 Å². The van der Waals surface area contributed by atoms with Crippen LogP contribution in [0.5, 0.6) is 0 Å². The number of ether oxygens (including phenoxy) is 1. The summed E-state index contributed by atoms with van der Waals surface area (Å²) in [6, 6.07) is 1.70. The van der Waals surface area contributed by atoms with E-state index in [1.807, 2.05) is 19.9 Å². The SMILES string of the molecule is CCCNC(C)C(=O)Cc1cc(C)sc1C(=O)OC. The van der Waals surface area contributed by atoms with Gasteiger partial charge in [0.15, 0.2) is 5.78 Å². The van der Waals surface area contributed by atoms with Crippen molar-refractivity contribution in [2.75, 3.05) is 13.7 Å². The van der Waals surface area contributed by atoms with Gasteiger partial charge in [0.2, 0.25) is 0 Å². The Labute approximate surface area is 118 Å². The predicted octanol–water partition coefficient (Wildman–Crippen LogP) is 2.34. The molecular weight excluding hydrogens is 262 g/mol. The summed E-state index contributed by atoms with van der Waals surface area (Å²) in [5, 5.41) is 3.16. The van der Waals surface area contributed by atoms with E-state index in [1.54, 1.807) is 0 Å². The molecule has 1 aromatic heterocycles. The van der Waals surface area contributed by atoms with Crippen LogP contribution in [0.2, 0.25) is 0 Å². The number of rotatable bonds is 7. The third-order valence-electron chi connectivity index (χ3n) is 2.85. The summed E-state index contributed by atoms with van der Waals surface area (Å²) in [5.41, 5.74) is 0.768. The molecule has 0 aliphatic rings. The van der Waals surface area contributed by atoms with Gasteiger partial charge in [-0.2, -0.15) is 0 Å². The zero-order valence-corrected chi connectivity index (χ0v) is 12.7. The van der Waals surface area contributed by atoms with E-state index in [2.05, 4.69) is 12.2 Å². The van der Waals surface area contributed by atoms with Crippen LogP contribution in [0.25, 0.3) is 0 Å². The second kappa shape index (κ2) is 7.40. The van der Waals surface area contributed by atoms with Crippen LogP contribution in [0, 0.1) is 6.92 Å². The molecule has 1 atom stereocenters. The number of methoxy groups -OCH3 is 1. The van der Waals surface area contributed by atoms with E-state index in [0.717, 1.165) is 23.4 Å². The van der Waals surface area contributed by atoms with Crippen LogP contribution in [0.3, 0.4) is 0 Å². The van der Waals surface area contributed by atoms with Gasteiger partial charge in [0.25, 0.3) is 0 Å². The van der Waals surface area contributed by atoms with Crippen LogP contribution >= 0.6 is 11.3 Å². The van der Waals surface area contributed by atoms with E-state index in [1.165, 1.54) is 18.4 Å². The Hall–Kier alpha value is -1.20. The lowest BCUT2D eigenvalue weighted by Gasteiger charge is -2.11. The van der Waals surface area contributed by atoms with Crippen molar-refractivity contribution >= 4 is 23.1 Å². The van der Waals surface area contributed by atoms with Gasteiger partial charge in [-0.25, -0.2) is 4.79 Å². The van der Waals surface area contributed by atoms with Crippen molar-refractivity contribution in [3.8, 4) is 0 Å². The average molecular weight is 283 g/mol. The number of carbonyl (C=O) groups excluding carboxylic acids is 2. The first-order valence-corrected chi connectivity index (χ1v) is 7.25. The highest BCUT2D eigenvalue weighted by atomic mass is 32.1. The topological polar surface area (TPSA) is 55.4 Å². The van der Waals surface area contributed by atoms with Gasteiger partial charge in [-0.15, -0.1) is 11.3 Å². The first-order chi connectivity index (χ1) is 8.99. The van der Waals surface area contributed by atoms with Gasteiger partial charge in [0.05, 0.1) is 13.2 Å². The van der Waals surface area contributed by atoms with E-state index < -0.39 is 0 Å². The van der Waals surface area contributed by atoms with Crippen molar-refractivity contribution < 1.29 is 14.3 Å². The Morgan fingerprint density at radius 2 is 2.16 bits per heavy atom. The summed E-state index contributed by atoms with van der Waals surface area (Å²) >= 11 is 1.37. The summed E-state index contributed by atoms with van der Waals surface area (Å²) in [6.07, 6.45) is 1.26. The maximum atomic E-state index is 12.1. The van der Waals surface area contributed by atoms with Gasteiger partial charge in [-0.05, 0) is 38.4 Å². The number of nitrogens with one attached hydrogen (secondary N) is 1. The van der Waals surface area contributed by atoms with Crippen molar-refractivity contribution in [1.82, 2.24) is 5.32 Å². The highest BCUT2D eigenvalue weighted by Crippen LogP contribution is 2.23. The molecule has 0 aromatic carbocycles. The minimum atomic E-state index is -0.366. The molecule has 0 fully saturated rings. The molecule has 1 rings (SSSR count). The monoisotopic (exact) mass is 283 g/mol. The third kappa shape index (κ3) is 4.44. The molecular formula is C14H21NO3S. The molecule has 0 amide bonds. The third-order valence-corrected chi connectivity index (χ3v) is 3.92. The second-order valence-corrected chi connectivity index (χ2v) is 5.78. The van der Waals surface area contributed by atoms with Gasteiger partial charge in [0, 0.05) is 11.3 Å². The molecule has 1 N–H and O–H groups in total. The van der Waals surface area contributed by atoms with Gasteiger partial charge in [-0.1, -0.05) is 6.92 Å². The minimum absolute atomic E-state index is 0.0939. The van der Waals surface area contributed by atoms with Crippen LogP contribution in [-0.4, -0.2) is 31.4 Å². The highest BCUT2D eigenvalue weighted by molar-refractivity contribution is 7.14. The Bertz CT molecular complexity index is 454. The molecule has 0 bridgehead atoms. The predicted molar refractivity (Wildman–Crippen MR) is 76.9 cm³/mol. The average Bonchev–Trinajstić information content (AvgIpc) is 2.75. The lowest BCUT2D eigenvalue weighted by molar-refractivity contribution is -0.120. The fourth-order valence-electron chi connectivity index (χ4n) is 1.78. The lowest BCUT2D eigenvalue weighted by atomic mass is 10.0. The first-order valence-electron chi connectivity index (χ1n) is 6.43. The molecule has 0 saturated carbocycles. The van der Waals surface area contributed by atoms with E-state index in [4.69, 9.17) is 4.74 Å². The smallest absolute Gasteiger partial charge is 0.348 e. The highest BCUT2D eigenvalue weighted by Gasteiger charge is 2.20. The van der Waals surface area contributed by atoms with Crippen LogP contribution in [0.4, 0.5) is 0 Å². The van der Waals surface area contributed by atoms with Gasteiger partial charge >= 0.3 is 5.97 Å². The van der Waals surface area contributed by atoms with Crippen LogP contribution in [-0.2, 0) is 16.0 Å². The summed E-state index contributed by atoms with van der Waals surface area (Å²) in [6.45, 7) is 6.65. The summed E-state index contributed by atoms with van der Waals surface area (Å²) < 4.78 is 4.74. The molecule has 0 aliphatic heterocycles. The first kappa shape index (κ1) is 15.9. The minimum Gasteiger partial charge on any atom is -0.465 e. The number of thiophene rings is 1. The molecule has 106 valence electrons. The number of hydrogen-bond acceptors (Lipinski definition) is 5. The van der Waals surface area contributed by atoms with Gasteiger partial charge < -0.3 is 10.1 Å². The maximum Gasteiger partial charge on any atom is 0.348 e. The standard InChI is InChI=1S/C14H21NO3S/c1-5-6-15-10(3)12(16)8-11-7-9(2)19-13(11)14(17)18-4/h7,10,15H,5-6,8H2,1-4H3. The second-order valence-electron chi connectivity index (χ2n) is 4.52.